The summed E-state index contributed by atoms with van der Waals surface area (Å²) in [7, 11) is 0. The van der Waals surface area contributed by atoms with Crippen molar-refractivity contribution >= 4 is 17.5 Å². The van der Waals surface area contributed by atoms with Crippen LogP contribution < -0.4 is 5.32 Å². The SMILES string of the molecule is CCOCC(=O)N1Cc2ccccc2NC(=O)C1C. The second-order valence-electron chi connectivity index (χ2n) is 4.48. The summed E-state index contributed by atoms with van der Waals surface area (Å²) in [4.78, 5) is 25.7. The lowest BCUT2D eigenvalue weighted by atomic mass is 10.1. The molecule has 0 spiro atoms. The van der Waals surface area contributed by atoms with Crippen molar-refractivity contribution in [1.82, 2.24) is 4.90 Å². The summed E-state index contributed by atoms with van der Waals surface area (Å²) in [5, 5.41) is 2.84. The van der Waals surface area contributed by atoms with Crippen molar-refractivity contribution < 1.29 is 14.3 Å². The number of fused-ring (bicyclic) bond motifs is 1. The summed E-state index contributed by atoms with van der Waals surface area (Å²) < 4.78 is 5.14. The fourth-order valence-corrected chi connectivity index (χ4v) is 2.06. The number of benzene rings is 1. The van der Waals surface area contributed by atoms with Crippen LogP contribution in [0.25, 0.3) is 0 Å². The maximum Gasteiger partial charge on any atom is 0.249 e. The van der Waals surface area contributed by atoms with Gasteiger partial charge in [-0.3, -0.25) is 9.59 Å². The Hall–Kier alpha value is -1.88. The van der Waals surface area contributed by atoms with Gasteiger partial charge in [0.2, 0.25) is 11.8 Å². The lowest BCUT2D eigenvalue weighted by Gasteiger charge is -2.25. The normalized spacial score (nSPS) is 18.5. The zero-order valence-electron chi connectivity index (χ0n) is 11.2. The van der Waals surface area contributed by atoms with E-state index in [1.807, 2.05) is 31.2 Å². The molecule has 1 N–H and O–H groups in total. The third kappa shape index (κ3) is 2.93. The molecular formula is C14H18N2O3. The van der Waals surface area contributed by atoms with Crippen molar-refractivity contribution in [1.29, 1.82) is 0 Å². The quantitative estimate of drug-likeness (QED) is 0.895. The minimum atomic E-state index is -0.500. The van der Waals surface area contributed by atoms with Gasteiger partial charge >= 0.3 is 0 Å². The van der Waals surface area contributed by atoms with Gasteiger partial charge in [0.1, 0.15) is 12.6 Å². The zero-order valence-corrected chi connectivity index (χ0v) is 11.2. The van der Waals surface area contributed by atoms with Gasteiger partial charge < -0.3 is 15.0 Å². The van der Waals surface area contributed by atoms with Gasteiger partial charge in [-0.2, -0.15) is 0 Å². The van der Waals surface area contributed by atoms with Gasteiger partial charge in [-0.15, -0.1) is 0 Å². The molecule has 1 aliphatic heterocycles. The van der Waals surface area contributed by atoms with E-state index in [9.17, 15) is 9.59 Å². The van der Waals surface area contributed by atoms with Crippen molar-refractivity contribution in [2.24, 2.45) is 0 Å². The highest BCUT2D eigenvalue weighted by molar-refractivity contribution is 5.98. The standard InChI is InChI=1S/C14H18N2O3/c1-3-19-9-13(17)16-8-11-6-4-5-7-12(11)15-14(18)10(16)2/h4-7,10H,3,8-9H2,1-2H3,(H,15,18). The lowest BCUT2D eigenvalue weighted by Crippen LogP contribution is -2.44. The maximum absolute atomic E-state index is 12.1. The number of carbonyl (C=O) groups is 2. The Morgan fingerprint density at radius 3 is 2.95 bits per heavy atom. The summed E-state index contributed by atoms with van der Waals surface area (Å²) in [6, 6.07) is 7.01. The molecule has 0 saturated carbocycles. The van der Waals surface area contributed by atoms with E-state index in [1.165, 1.54) is 0 Å². The van der Waals surface area contributed by atoms with Gasteiger partial charge in [-0.1, -0.05) is 18.2 Å². The third-order valence-electron chi connectivity index (χ3n) is 3.21. The van der Waals surface area contributed by atoms with Gasteiger partial charge in [0, 0.05) is 18.8 Å². The Balaban J connectivity index is 2.24. The summed E-state index contributed by atoms with van der Waals surface area (Å²) in [6.45, 7) is 4.47. The molecule has 0 bridgehead atoms. The maximum atomic E-state index is 12.1. The average molecular weight is 262 g/mol. The summed E-state index contributed by atoms with van der Waals surface area (Å²) in [5.74, 6) is -0.337. The van der Waals surface area contributed by atoms with Crippen LogP contribution in [0.15, 0.2) is 24.3 Å². The molecule has 0 radical (unpaired) electrons. The highest BCUT2D eigenvalue weighted by Gasteiger charge is 2.29. The molecule has 0 aromatic heterocycles. The molecule has 0 aliphatic carbocycles. The molecule has 5 nitrogen and oxygen atoms in total. The van der Waals surface area contributed by atoms with E-state index in [-0.39, 0.29) is 18.4 Å². The number of hydrogen-bond donors (Lipinski definition) is 1. The molecular weight excluding hydrogens is 244 g/mol. The van der Waals surface area contributed by atoms with E-state index in [0.717, 1.165) is 11.3 Å². The second kappa shape index (κ2) is 5.84. The Morgan fingerprint density at radius 1 is 1.47 bits per heavy atom. The van der Waals surface area contributed by atoms with E-state index in [4.69, 9.17) is 4.74 Å². The number of carbonyl (C=O) groups excluding carboxylic acids is 2. The molecule has 1 aromatic carbocycles. The highest BCUT2D eigenvalue weighted by Crippen LogP contribution is 2.22. The van der Waals surface area contributed by atoms with E-state index in [0.29, 0.717) is 13.2 Å². The number of rotatable bonds is 3. The first-order valence-electron chi connectivity index (χ1n) is 6.39. The molecule has 1 unspecified atom stereocenters. The fraction of sp³-hybridized carbons (Fsp3) is 0.429. The predicted molar refractivity (Wildman–Crippen MR) is 71.6 cm³/mol. The summed E-state index contributed by atoms with van der Waals surface area (Å²) in [5.41, 5.74) is 1.70. The topological polar surface area (TPSA) is 58.6 Å². The van der Waals surface area contributed by atoms with E-state index in [2.05, 4.69) is 5.32 Å². The highest BCUT2D eigenvalue weighted by atomic mass is 16.5. The Bertz CT molecular complexity index is 487. The first-order valence-corrected chi connectivity index (χ1v) is 6.39. The number of para-hydroxylation sites is 1. The Kier molecular flexibility index (Phi) is 4.16. The van der Waals surface area contributed by atoms with Gasteiger partial charge in [-0.05, 0) is 25.5 Å². The molecule has 19 heavy (non-hydrogen) atoms. The van der Waals surface area contributed by atoms with Gasteiger partial charge in [0.25, 0.3) is 0 Å². The van der Waals surface area contributed by atoms with Crippen LogP contribution in [0.1, 0.15) is 19.4 Å². The molecule has 2 rings (SSSR count). The van der Waals surface area contributed by atoms with Gasteiger partial charge in [0.15, 0.2) is 0 Å². The van der Waals surface area contributed by atoms with Crippen LogP contribution in [0.4, 0.5) is 5.69 Å². The smallest absolute Gasteiger partial charge is 0.249 e. The minimum absolute atomic E-state index is 0.0102. The van der Waals surface area contributed by atoms with Crippen LogP contribution in [0.5, 0.6) is 0 Å². The zero-order chi connectivity index (χ0) is 13.8. The van der Waals surface area contributed by atoms with Crippen LogP contribution in [-0.4, -0.2) is 36.0 Å². The molecule has 2 amide bonds. The van der Waals surface area contributed by atoms with E-state index in [1.54, 1.807) is 11.8 Å². The lowest BCUT2D eigenvalue weighted by molar-refractivity contribution is -0.142. The number of amides is 2. The molecule has 0 saturated heterocycles. The monoisotopic (exact) mass is 262 g/mol. The van der Waals surface area contributed by atoms with Crippen LogP contribution in [0, 0.1) is 0 Å². The van der Waals surface area contributed by atoms with Crippen molar-refractivity contribution in [3.8, 4) is 0 Å². The number of ether oxygens (including phenoxy) is 1. The molecule has 5 heteroatoms. The van der Waals surface area contributed by atoms with E-state index < -0.39 is 6.04 Å². The first kappa shape index (κ1) is 13.5. The molecule has 1 atom stereocenters. The largest absolute Gasteiger partial charge is 0.372 e. The molecule has 102 valence electrons. The van der Waals surface area contributed by atoms with Gasteiger partial charge in [-0.25, -0.2) is 0 Å². The summed E-state index contributed by atoms with van der Waals surface area (Å²) >= 11 is 0. The van der Waals surface area contributed by atoms with Crippen LogP contribution in [0.3, 0.4) is 0 Å². The van der Waals surface area contributed by atoms with Crippen LogP contribution in [0.2, 0.25) is 0 Å². The second-order valence-corrected chi connectivity index (χ2v) is 4.48. The third-order valence-corrected chi connectivity index (χ3v) is 3.21. The average Bonchev–Trinajstić information content (AvgIpc) is 2.54. The molecule has 1 heterocycles. The summed E-state index contributed by atoms with van der Waals surface area (Å²) in [6.07, 6.45) is 0. The Morgan fingerprint density at radius 2 is 2.21 bits per heavy atom. The molecule has 1 aromatic rings. The number of nitrogens with one attached hydrogen (secondary N) is 1. The van der Waals surface area contributed by atoms with Crippen molar-refractivity contribution in [3.63, 3.8) is 0 Å². The number of anilines is 1. The van der Waals surface area contributed by atoms with Crippen LogP contribution in [-0.2, 0) is 20.9 Å². The van der Waals surface area contributed by atoms with E-state index >= 15 is 0 Å². The minimum Gasteiger partial charge on any atom is -0.372 e. The van der Waals surface area contributed by atoms with Crippen LogP contribution >= 0.6 is 0 Å². The first-order chi connectivity index (χ1) is 9.13. The van der Waals surface area contributed by atoms with Crippen molar-refractivity contribution in [2.45, 2.75) is 26.4 Å². The van der Waals surface area contributed by atoms with Gasteiger partial charge in [0.05, 0.1) is 0 Å². The number of hydrogen-bond acceptors (Lipinski definition) is 3. The fourth-order valence-electron chi connectivity index (χ4n) is 2.06. The number of nitrogens with zero attached hydrogens (tertiary/aromatic N) is 1. The van der Waals surface area contributed by atoms with Crippen molar-refractivity contribution in [3.05, 3.63) is 29.8 Å². The predicted octanol–water partition coefficient (Wildman–Crippen LogP) is 1.39. The molecule has 0 fully saturated rings. The Labute approximate surface area is 112 Å². The molecule has 1 aliphatic rings. The van der Waals surface area contributed by atoms with Crippen molar-refractivity contribution in [2.75, 3.05) is 18.5 Å².